The largest absolute Gasteiger partial charge is 0.493 e. The summed E-state index contributed by atoms with van der Waals surface area (Å²) in [5.74, 6) is 3.31. The molecule has 2 aromatic carbocycles. The van der Waals surface area contributed by atoms with Gasteiger partial charge in [-0.05, 0) is 67.5 Å². The lowest BCUT2D eigenvalue weighted by molar-refractivity contribution is 0.0923. The van der Waals surface area contributed by atoms with E-state index in [1.165, 1.54) is 24.2 Å². The number of amides is 1. The van der Waals surface area contributed by atoms with E-state index in [1.54, 1.807) is 11.8 Å². The van der Waals surface area contributed by atoms with Crippen LogP contribution in [0.3, 0.4) is 0 Å². The summed E-state index contributed by atoms with van der Waals surface area (Å²) in [6.07, 6.45) is 5.10. The van der Waals surface area contributed by atoms with Gasteiger partial charge in [0.2, 0.25) is 0 Å². The Morgan fingerprint density at radius 2 is 1.85 bits per heavy atom. The minimum absolute atomic E-state index is 0.0498. The van der Waals surface area contributed by atoms with E-state index in [0.29, 0.717) is 18.6 Å². The molecule has 0 aliphatic heterocycles. The van der Waals surface area contributed by atoms with Gasteiger partial charge >= 0.3 is 0 Å². The fourth-order valence-electron chi connectivity index (χ4n) is 4.21. The van der Waals surface area contributed by atoms with Crippen molar-refractivity contribution in [1.29, 1.82) is 0 Å². The first kappa shape index (κ1) is 17.5. The van der Waals surface area contributed by atoms with Crippen LogP contribution in [0.2, 0.25) is 0 Å². The third-order valence-electron chi connectivity index (χ3n) is 5.54. The molecule has 3 atom stereocenters. The van der Waals surface area contributed by atoms with Crippen LogP contribution in [0.25, 0.3) is 0 Å². The van der Waals surface area contributed by atoms with Crippen LogP contribution in [-0.2, 0) is 0 Å². The molecule has 26 heavy (non-hydrogen) atoms. The molecule has 2 bridgehead atoms. The van der Waals surface area contributed by atoms with E-state index >= 15 is 0 Å². The second kappa shape index (κ2) is 8.17. The number of thioether (sulfide) groups is 1. The summed E-state index contributed by atoms with van der Waals surface area (Å²) in [5.41, 5.74) is 0.721. The molecule has 0 saturated heterocycles. The minimum Gasteiger partial charge on any atom is -0.493 e. The highest BCUT2D eigenvalue weighted by atomic mass is 32.2. The summed E-state index contributed by atoms with van der Waals surface area (Å²) in [6.45, 7) is 0.649. The van der Waals surface area contributed by atoms with E-state index in [1.807, 2.05) is 42.5 Å². The second-order valence-corrected chi connectivity index (χ2v) is 8.46. The molecule has 2 fully saturated rings. The Morgan fingerprint density at radius 3 is 2.54 bits per heavy atom. The molecule has 2 saturated carbocycles. The Morgan fingerprint density at radius 1 is 1.04 bits per heavy atom. The maximum Gasteiger partial charge on any atom is 0.251 e. The number of benzene rings is 2. The van der Waals surface area contributed by atoms with Gasteiger partial charge in [-0.3, -0.25) is 4.79 Å². The van der Waals surface area contributed by atoms with Crippen molar-refractivity contribution in [3.05, 3.63) is 60.2 Å². The predicted molar refractivity (Wildman–Crippen MR) is 106 cm³/mol. The quantitative estimate of drug-likeness (QED) is 0.565. The SMILES string of the molecule is O=C(N[C@@H]1C[C@@H]2CC[C@@H]1C2)c1ccc(OCCSc2ccccc2)cc1. The summed E-state index contributed by atoms with van der Waals surface area (Å²) in [4.78, 5) is 13.7. The van der Waals surface area contributed by atoms with E-state index in [9.17, 15) is 4.79 Å². The number of ether oxygens (including phenoxy) is 1. The van der Waals surface area contributed by atoms with Gasteiger partial charge in [-0.1, -0.05) is 24.6 Å². The molecule has 2 aromatic rings. The zero-order chi connectivity index (χ0) is 17.8. The lowest BCUT2D eigenvalue weighted by atomic mass is 9.95. The highest BCUT2D eigenvalue weighted by molar-refractivity contribution is 7.99. The molecular weight excluding hydrogens is 342 g/mol. The topological polar surface area (TPSA) is 38.3 Å². The van der Waals surface area contributed by atoms with Gasteiger partial charge in [-0.15, -0.1) is 11.8 Å². The Kier molecular flexibility index (Phi) is 5.49. The number of fused-ring (bicyclic) bond motifs is 2. The average molecular weight is 368 g/mol. The first-order valence-electron chi connectivity index (χ1n) is 9.49. The standard InChI is InChI=1S/C22H25NO2S/c24-22(23-21-15-16-6-7-18(21)14-16)17-8-10-19(11-9-17)25-12-13-26-20-4-2-1-3-5-20/h1-5,8-11,16,18,21H,6-7,12-15H2,(H,23,24)/t16-,18-,21-/m1/s1. The van der Waals surface area contributed by atoms with Gasteiger partial charge in [0.05, 0.1) is 6.61 Å². The number of carbonyl (C=O) groups excluding carboxylic acids is 1. The Balaban J connectivity index is 1.22. The van der Waals surface area contributed by atoms with Crippen molar-refractivity contribution < 1.29 is 9.53 Å². The normalized spacial score (nSPS) is 23.8. The lowest BCUT2D eigenvalue weighted by Crippen LogP contribution is -2.38. The number of rotatable bonds is 7. The molecule has 0 radical (unpaired) electrons. The molecule has 4 heteroatoms. The van der Waals surface area contributed by atoms with Crippen molar-refractivity contribution in [3.63, 3.8) is 0 Å². The van der Waals surface area contributed by atoms with E-state index in [2.05, 4.69) is 17.4 Å². The monoisotopic (exact) mass is 367 g/mol. The van der Waals surface area contributed by atoms with Crippen LogP contribution in [0.4, 0.5) is 0 Å². The fourth-order valence-corrected chi connectivity index (χ4v) is 4.96. The van der Waals surface area contributed by atoms with Crippen molar-refractivity contribution in [3.8, 4) is 5.75 Å². The minimum atomic E-state index is 0.0498. The van der Waals surface area contributed by atoms with E-state index in [0.717, 1.165) is 29.4 Å². The number of carbonyl (C=O) groups is 1. The number of hydrogen-bond acceptors (Lipinski definition) is 3. The lowest BCUT2D eigenvalue weighted by Gasteiger charge is -2.22. The van der Waals surface area contributed by atoms with Gasteiger partial charge in [0.1, 0.15) is 5.75 Å². The molecular formula is C22H25NO2S. The second-order valence-electron chi connectivity index (χ2n) is 7.29. The summed E-state index contributed by atoms with van der Waals surface area (Å²) in [6, 6.07) is 18.2. The van der Waals surface area contributed by atoms with E-state index < -0.39 is 0 Å². The van der Waals surface area contributed by atoms with Crippen LogP contribution in [0.5, 0.6) is 5.75 Å². The number of nitrogens with one attached hydrogen (secondary N) is 1. The first-order chi connectivity index (χ1) is 12.8. The Bertz CT molecular complexity index is 732. The molecule has 3 nitrogen and oxygen atoms in total. The first-order valence-corrected chi connectivity index (χ1v) is 10.5. The molecule has 4 rings (SSSR count). The van der Waals surface area contributed by atoms with Gasteiger partial charge in [0.25, 0.3) is 5.91 Å². The van der Waals surface area contributed by atoms with Crippen molar-refractivity contribution in [2.24, 2.45) is 11.8 Å². The molecule has 1 amide bonds. The van der Waals surface area contributed by atoms with Gasteiger partial charge in [-0.2, -0.15) is 0 Å². The van der Waals surface area contributed by atoms with E-state index in [-0.39, 0.29) is 5.91 Å². The summed E-state index contributed by atoms with van der Waals surface area (Å²) in [5, 5.41) is 3.23. The van der Waals surface area contributed by atoms with Crippen molar-refractivity contribution >= 4 is 17.7 Å². The molecule has 1 N–H and O–H groups in total. The summed E-state index contributed by atoms with van der Waals surface area (Å²) in [7, 11) is 0. The van der Waals surface area contributed by atoms with Crippen LogP contribution >= 0.6 is 11.8 Å². The smallest absolute Gasteiger partial charge is 0.251 e. The predicted octanol–water partition coefficient (Wildman–Crippen LogP) is 4.78. The molecule has 2 aliphatic carbocycles. The van der Waals surface area contributed by atoms with Crippen LogP contribution in [0.15, 0.2) is 59.5 Å². The maximum absolute atomic E-state index is 12.5. The third-order valence-corrected chi connectivity index (χ3v) is 6.51. The zero-order valence-electron chi connectivity index (χ0n) is 14.9. The van der Waals surface area contributed by atoms with Crippen molar-refractivity contribution in [2.75, 3.05) is 12.4 Å². The molecule has 2 aliphatic rings. The van der Waals surface area contributed by atoms with Crippen LogP contribution in [-0.4, -0.2) is 24.3 Å². The number of hydrogen-bond donors (Lipinski definition) is 1. The van der Waals surface area contributed by atoms with Crippen molar-refractivity contribution in [1.82, 2.24) is 5.32 Å². The fraction of sp³-hybridized carbons (Fsp3) is 0.409. The molecule has 0 spiro atoms. The van der Waals surface area contributed by atoms with Crippen LogP contribution < -0.4 is 10.1 Å². The van der Waals surface area contributed by atoms with Crippen LogP contribution in [0, 0.1) is 11.8 Å². The Hall–Kier alpha value is -1.94. The summed E-state index contributed by atoms with van der Waals surface area (Å²) < 4.78 is 5.78. The molecule has 0 heterocycles. The highest BCUT2D eigenvalue weighted by Crippen LogP contribution is 2.44. The highest BCUT2D eigenvalue weighted by Gasteiger charge is 2.40. The van der Waals surface area contributed by atoms with Crippen LogP contribution in [0.1, 0.15) is 36.0 Å². The molecule has 136 valence electrons. The zero-order valence-corrected chi connectivity index (χ0v) is 15.7. The van der Waals surface area contributed by atoms with Gasteiger partial charge in [0, 0.05) is 22.3 Å². The van der Waals surface area contributed by atoms with Gasteiger partial charge < -0.3 is 10.1 Å². The molecule has 0 unspecified atom stereocenters. The third kappa shape index (κ3) is 4.24. The molecule has 0 aromatic heterocycles. The Labute approximate surface area is 159 Å². The van der Waals surface area contributed by atoms with Gasteiger partial charge in [0.15, 0.2) is 0 Å². The van der Waals surface area contributed by atoms with E-state index in [4.69, 9.17) is 4.74 Å². The maximum atomic E-state index is 12.5. The van der Waals surface area contributed by atoms with Crippen molar-refractivity contribution in [2.45, 2.75) is 36.6 Å². The summed E-state index contributed by atoms with van der Waals surface area (Å²) >= 11 is 1.78. The average Bonchev–Trinajstić information content (AvgIpc) is 3.30. The van der Waals surface area contributed by atoms with Gasteiger partial charge in [-0.25, -0.2) is 0 Å².